The molecular formula is C18H22N2O5. The number of carbonyl (C=O) groups is 2. The highest BCUT2D eigenvalue weighted by Gasteiger charge is 2.30. The molecule has 1 atom stereocenters. The maximum absolute atomic E-state index is 11.5. The Morgan fingerprint density at radius 3 is 2.44 bits per heavy atom. The van der Waals surface area contributed by atoms with Gasteiger partial charge in [0.2, 0.25) is 5.89 Å². The first-order valence-corrected chi connectivity index (χ1v) is 8.10. The van der Waals surface area contributed by atoms with Crippen molar-refractivity contribution in [3.63, 3.8) is 0 Å². The third-order valence-electron chi connectivity index (χ3n) is 3.78. The van der Waals surface area contributed by atoms with E-state index in [1.807, 2.05) is 44.2 Å². The first-order chi connectivity index (χ1) is 11.9. The Labute approximate surface area is 145 Å². The largest absolute Gasteiger partial charge is 0.480 e. The highest BCUT2D eigenvalue weighted by Crippen LogP contribution is 2.19. The minimum Gasteiger partial charge on any atom is -0.480 e. The number of carboxylic acids is 1. The molecule has 1 aromatic carbocycles. The number of amides is 1. The molecule has 25 heavy (non-hydrogen) atoms. The number of rotatable bonds is 8. The Bertz CT molecular complexity index is 711. The van der Waals surface area contributed by atoms with E-state index in [1.54, 1.807) is 0 Å². The standard InChI is InChI=1S/C18H22N2O5/c1-12(2)10-15(17(21)22)20(18(23)24)9-8-14-11-25-16(19-14)13-6-4-3-5-7-13/h3-7,11-12,15H,8-10H2,1-2H3,(H,21,22)(H,23,24). The molecule has 7 nitrogen and oxygen atoms in total. The summed E-state index contributed by atoms with van der Waals surface area (Å²) >= 11 is 0. The maximum Gasteiger partial charge on any atom is 0.408 e. The van der Waals surface area contributed by atoms with Crippen molar-refractivity contribution < 1.29 is 24.2 Å². The van der Waals surface area contributed by atoms with Crippen LogP contribution >= 0.6 is 0 Å². The summed E-state index contributed by atoms with van der Waals surface area (Å²) in [5.41, 5.74) is 1.41. The summed E-state index contributed by atoms with van der Waals surface area (Å²) in [5.74, 6) is -0.615. The van der Waals surface area contributed by atoms with Crippen molar-refractivity contribution in [3.05, 3.63) is 42.3 Å². The van der Waals surface area contributed by atoms with Gasteiger partial charge in [-0.3, -0.25) is 4.90 Å². The van der Waals surface area contributed by atoms with Crippen LogP contribution in [-0.4, -0.2) is 44.7 Å². The average Bonchev–Trinajstić information content (AvgIpc) is 3.03. The van der Waals surface area contributed by atoms with Gasteiger partial charge in [0.1, 0.15) is 12.3 Å². The molecule has 1 heterocycles. The fourth-order valence-electron chi connectivity index (χ4n) is 2.56. The molecule has 2 rings (SSSR count). The van der Waals surface area contributed by atoms with Crippen LogP contribution in [0, 0.1) is 5.92 Å². The molecule has 0 aliphatic heterocycles. The van der Waals surface area contributed by atoms with Crippen LogP contribution in [0.15, 0.2) is 41.0 Å². The molecule has 0 spiro atoms. The molecule has 0 aliphatic carbocycles. The zero-order valence-corrected chi connectivity index (χ0v) is 14.3. The Morgan fingerprint density at radius 2 is 1.88 bits per heavy atom. The smallest absolute Gasteiger partial charge is 0.408 e. The minimum absolute atomic E-state index is 0.0415. The van der Waals surface area contributed by atoms with Gasteiger partial charge in [0, 0.05) is 18.5 Å². The first kappa shape index (κ1) is 18.5. The van der Waals surface area contributed by atoms with E-state index < -0.39 is 18.1 Å². The lowest BCUT2D eigenvalue weighted by molar-refractivity contribution is -0.143. The van der Waals surface area contributed by atoms with Gasteiger partial charge in [0.25, 0.3) is 0 Å². The SMILES string of the molecule is CC(C)CC(C(=O)O)N(CCc1coc(-c2ccccc2)n1)C(=O)O. The molecule has 0 radical (unpaired) electrons. The van der Waals surface area contributed by atoms with Crippen LogP contribution in [0.5, 0.6) is 0 Å². The lowest BCUT2D eigenvalue weighted by Gasteiger charge is -2.27. The molecule has 1 amide bonds. The van der Waals surface area contributed by atoms with Crippen molar-refractivity contribution in [2.45, 2.75) is 32.7 Å². The zero-order valence-electron chi connectivity index (χ0n) is 14.3. The van der Waals surface area contributed by atoms with Crippen molar-refractivity contribution in [1.29, 1.82) is 0 Å². The Kier molecular flexibility index (Phi) is 6.16. The molecule has 1 aromatic heterocycles. The van der Waals surface area contributed by atoms with Crippen LogP contribution < -0.4 is 0 Å². The lowest BCUT2D eigenvalue weighted by atomic mass is 10.0. The predicted molar refractivity (Wildman–Crippen MR) is 91.3 cm³/mol. The lowest BCUT2D eigenvalue weighted by Crippen LogP contribution is -2.46. The maximum atomic E-state index is 11.5. The second kappa shape index (κ2) is 8.32. The summed E-state index contributed by atoms with van der Waals surface area (Å²) in [6.45, 7) is 3.76. The quantitative estimate of drug-likeness (QED) is 0.759. The molecular weight excluding hydrogens is 324 g/mol. The fourth-order valence-corrected chi connectivity index (χ4v) is 2.56. The van der Waals surface area contributed by atoms with Crippen LogP contribution in [0.4, 0.5) is 4.79 Å². The predicted octanol–water partition coefficient (Wildman–Crippen LogP) is 3.36. The van der Waals surface area contributed by atoms with E-state index in [0.29, 0.717) is 11.6 Å². The van der Waals surface area contributed by atoms with Gasteiger partial charge < -0.3 is 14.6 Å². The number of benzene rings is 1. The van der Waals surface area contributed by atoms with E-state index >= 15 is 0 Å². The number of aliphatic carboxylic acids is 1. The van der Waals surface area contributed by atoms with E-state index in [4.69, 9.17) is 4.42 Å². The number of aromatic nitrogens is 1. The van der Waals surface area contributed by atoms with E-state index in [2.05, 4.69) is 4.98 Å². The number of hydrogen-bond acceptors (Lipinski definition) is 4. The number of oxazole rings is 1. The Morgan fingerprint density at radius 1 is 1.20 bits per heavy atom. The van der Waals surface area contributed by atoms with Crippen molar-refractivity contribution in [3.8, 4) is 11.5 Å². The fraction of sp³-hybridized carbons (Fsp3) is 0.389. The van der Waals surface area contributed by atoms with Gasteiger partial charge in [0.05, 0.1) is 5.69 Å². The van der Waals surface area contributed by atoms with Crippen molar-refractivity contribution in [2.75, 3.05) is 6.54 Å². The van der Waals surface area contributed by atoms with E-state index in [0.717, 1.165) is 10.5 Å². The van der Waals surface area contributed by atoms with Crippen LogP contribution in [0.2, 0.25) is 0 Å². The summed E-state index contributed by atoms with van der Waals surface area (Å²) in [7, 11) is 0. The van der Waals surface area contributed by atoms with Gasteiger partial charge in [-0.2, -0.15) is 0 Å². The zero-order chi connectivity index (χ0) is 18.4. The van der Waals surface area contributed by atoms with Crippen molar-refractivity contribution in [2.24, 2.45) is 5.92 Å². The molecule has 2 N–H and O–H groups in total. The van der Waals surface area contributed by atoms with E-state index in [1.165, 1.54) is 6.26 Å². The van der Waals surface area contributed by atoms with Gasteiger partial charge in [-0.1, -0.05) is 32.0 Å². The molecule has 0 saturated carbocycles. The highest BCUT2D eigenvalue weighted by atomic mass is 16.4. The van der Waals surface area contributed by atoms with Crippen molar-refractivity contribution in [1.82, 2.24) is 9.88 Å². The number of carboxylic acid groups (broad SMARTS) is 2. The summed E-state index contributed by atoms with van der Waals surface area (Å²) in [6, 6.07) is 8.28. The Balaban J connectivity index is 2.07. The van der Waals surface area contributed by atoms with Gasteiger partial charge in [-0.05, 0) is 24.5 Å². The van der Waals surface area contributed by atoms with E-state index in [9.17, 15) is 19.8 Å². The summed E-state index contributed by atoms with van der Waals surface area (Å²) < 4.78 is 5.42. The molecule has 134 valence electrons. The molecule has 0 fully saturated rings. The molecule has 0 saturated heterocycles. The number of nitrogens with zero attached hydrogens (tertiary/aromatic N) is 2. The second-order valence-electron chi connectivity index (χ2n) is 6.22. The molecule has 2 aromatic rings. The molecule has 1 unspecified atom stereocenters. The van der Waals surface area contributed by atoms with Crippen LogP contribution in [0.1, 0.15) is 26.0 Å². The topological polar surface area (TPSA) is 104 Å². The van der Waals surface area contributed by atoms with Gasteiger partial charge in [-0.15, -0.1) is 0 Å². The average molecular weight is 346 g/mol. The molecule has 7 heteroatoms. The van der Waals surface area contributed by atoms with Crippen LogP contribution in [0.25, 0.3) is 11.5 Å². The van der Waals surface area contributed by atoms with Crippen molar-refractivity contribution >= 4 is 12.1 Å². The molecule has 0 aliphatic rings. The van der Waals surface area contributed by atoms with E-state index in [-0.39, 0.29) is 25.3 Å². The number of hydrogen-bond donors (Lipinski definition) is 2. The monoisotopic (exact) mass is 346 g/mol. The third kappa shape index (κ3) is 5.07. The summed E-state index contributed by atoms with van der Waals surface area (Å²) in [4.78, 5) is 28.2. The highest BCUT2D eigenvalue weighted by molar-refractivity contribution is 5.79. The van der Waals surface area contributed by atoms with Gasteiger partial charge >= 0.3 is 12.1 Å². The normalized spacial score (nSPS) is 12.1. The molecule has 0 bridgehead atoms. The van der Waals surface area contributed by atoms with Gasteiger partial charge in [-0.25, -0.2) is 14.6 Å². The van der Waals surface area contributed by atoms with Crippen LogP contribution in [-0.2, 0) is 11.2 Å². The first-order valence-electron chi connectivity index (χ1n) is 8.10. The van der Waals surface area contributed by atoms with Gasteiger partial charge in [0.15, 0.2) is 0 Å². The minimum atomic E-state index is -1.25. The summed E-state index contributed by atoms with van der Waals surface area (Å²) in [6.07, 6.45) is 0.765. The Hall–Kier alpha value is -2.83. The van der Waals surface area contributed by atoms with Crippen LogP contribution in [0.3, 0.4) is 0 Å². The second-order valence-corrected chi connectivity index (χ2v) is 6.22. The summed E-state index contributed by atoms with van der Waals surface area (Å²) in [5, 5.41) is 18.7. The third-order valence-corrected chi connectivity index (χ3v) is 3.78.